The van der Waals surface area contributed by atoms with Gasteiger partial charge < -0.3 is 17.2 Å². The van der Waals surface area contributed by atoms with Crippen molar-refractivity contribution in [2.45, 2.75) is 0 Å². The van der Waals surface area contributed by atoms with Crippen LogP contribution in [0, 0.1) is 0 Å². The summed E-state index contributed by atoms with van der Waals surface area (Å²) in [5.74, 6) is 0. The van der Waals surface area contributed by atoms with Crippen LogP contribution in [-0.2, 0) is 0 Å². The highest BCUT2D eigenvalue weighted by Gasteiger charge is 1.85. The minimum absolute atomic E-state index is 0.438. The Morgan fingerprint density at radius 2 is 1.78 bits per heavy atom. The van der Waals surface area contributed by atoms with E-state index in [1.165, 1.54) is 18.4 Å². The quantitative estimate of drug-likeness (QED) is 0.446. The van der Waals surface area contributed by atoms with Gasteiger partial charge >= 0.3 is 0 Å². The number of hydrogen-bond acceptors (Lipinski definition) is 3. The van der Waals surface area contributed by atoms with Crippen molar-refractivity contribution < 1.29 is 0 Å². The third-order valence-electron chi connectivity index (χ3n) is 0.829. The van der Waals surface area contributed by atoms with Crippen LogP contribution in [0.5, 0.6) is 0 Å². The molecule has 0 spiro atoms. The molecule has 0 fully saturated rings. The lowest BCUT2D eigenvalue weighted by Gasteiger charge is -1.94. The van der Waals surface area contributed by atoms with Gasteiger partial charge in [0, 0.05) is 0 Å². The fourth-order valence-corrected chi connectivity index (χ4v) is 0.318. The Kier molecular flexibility index (Phi) is 3.05. The van der Waals surface area contributed by atoms with Crippen molar-refractivity contribution in [2.75, 3.05) is 0 Å². The lowest BCUT2D eigenvalue weighted by Crippen LogP contribution is -2.05. The van der Waals surface area contributed by atoms with Crippen LogP contribution in [0.3, 0.4) is 0 Å². The van der Waals surface area contributed by atoms with Crippen LogP contribution < -0.4 is 17.2 Å². The number of rotatable bonds is 2. The van der Waals surface area contributed by atoms with Crippen LogP contribution in [0.2, 0.25) is 0 Å². The Morgan fingerprint density at radius 3 is 2.11 bits per heavy atom. The monoisotopic (exact) mass is 125 g/mol. The molecule has 0 aliphatic rings. The van der Waals surface area contributed by atoms with Crippen LogP contribution in [0.25, 0.3) is 0 Å². The molecule has 0 aromatic carbocycles. The molecule has 0 radical (unpaired) electrons. The van der Waals surface area contributed by atoms with Gasteiger partial charge in [0.1, 0.15) is 0 Å². The van der Waals surface area contributed by atoms with Crippen LogP contribution in [-0.4, -0.2) is 0 Å². The van der Waals surface area contributed by atoms with Crippen LogP contribution in [0.4, 0.5) is 0 Å². The summed E-state index contributed by atoms with van der Waals surface area (Å²) in [7, 11) is 0. The fraction of sp³-hybridized carbons (Fsp3) is 0. The SMILES string of the molecule is C=C/C(N)=C(N)\C=C/N. The van der Waals surface area contributed by atoms with Gasteiger partial charge in [0.15, 0.2) is 0 Å². The second kappa shape index (κ2) is 3.60. The maximum Gasteiger partial charge on any atom is 0.0561 e. The Morgan fingerprint density at radius 1 is 1.22 bits per heavy atom. The topological polar surface area (TPSA) is 78.1 Å². The molecule has 0 aromatic rings. The Bertz CT molecular complexity index is 156. The molecule has 0 aliphatic heterocycles. The van der Waals surface area contributed by atoms with Crippen molar-refractivity contribution in [3.05, 3.63) is 36.3 Å². The van der Waals surface area contributed by atoms with E-state index in [1.54, 1.807) is 0 Å². The van der Waals surface area contributed by atoms with Crippen molar-refractivity contribution in [1.29, 1.82) is 0 Å². The molecule has 9 heavy (non-hydrogen) atoms. The lowest BCUT2D eigenvalue weighted by atomic mass is 10.3. The predicted octanol–water partition coefficient (Wildman–Crippen LogP) is -0.226. The van der Waals surface area contributed by atoms with E-state index in [2.05, 4.69) is 6.58 Å². The maximum atomic E-state index is 5.35. The highest BCUT2D eigenvalue weighted by atomic mass is 14.7. The van der Waals surface area contributed by atoms with Crippen molar-refractivity contribution in [3.63, 3.8) is 0 Å². The van der Waals surface area contributed by atoms with Gasteiger partial charge in [0.05, 0.1) is 11.4 Å². The zero-order chi connectivity index (χ0) is 7.28. The molecule has 0 saturated carbocycles. The first-order valence-electron chi connectivity index (χ1n) is 2.48. The largest absolute Gasteiger partial charge is 0.405 e. The van der Waals surface area contributed by atoms with E-state index < -0.39 is 0 Å². The van der Waals surface area contributed by atoms with E-state index in [0.717, 1.165) is 0 Å². The van der Waals surface area contributed by atoms with E-state index in [-0.39, 0.29) is 0 Å². The van der Waals surface area contributed by atoms with Crippen LogP contribution in [0.1, 0.15) is 0 Å². The summed E-state index contributed by atoms with van der Waals surface area (Å²) in [5, 5.41) is 0. The molecule has 0 unspecified atom stereocenters. The van der Waals surface area contributed by atoms with E-state index in [1.807, 2.05) is 0 Å². The van der Waals surface area contributed by atoms with Crippen LogP contribution >= 0.6 is 0 Å². The summed E-state index contributed by atoms with van der Waals surface area (Å²) in [6, 6.07) is 0. The smallest absolute Gasteiger partial charge is 0.0561 e. The summed E-state index contributed by atoms with van der Waals surface area (Å²) in [6.07, 6.45) is 4.30. The Labute approximate surface area is 54.5 Å². The predicted molar refractivity (Wildman–Crippen MR) is 38.9 cm³/mol. The van der Waals surface area contributed by atoms with Gasteiger partial charge in [-0.3, -0.25) is 0 Å². The molecule has 0 amide bonds. The molecule has 50 valence electrons. The van der Waals surface area contributed by atoms with Crippen molar-refractivity contribution in [1.82, 2.24) is 0 Å². The highest BCUT2D eigenvalue weighted by Crippen LogP contribution is 1.91. The molecule has 0 rings (SSSR count). The fourth-order valence-electron chi connectivity index (χ4n) is 0.318. The molecular weight excluding hydrogens is 114 g/mol. The lowest BCUT2D eigenvalue weighted by molar-refractivity contribution is 1.27. The van der Waals surface area contributed by atoms with Gasteiger partial charge in [0.25, 0.3) is 0 Å². The van der Waals surface area contributed by atoms with E-state index >= 15 is 0 Å². The molecule has 0 aromatic heterocycles. The first-order chi connectivity index (χ1) is 4.22. The first-order valence-corrected chi connectivity index (χ1v) is 2.48. The molecule has 0 bridgehead atoms. The van der Waals surface area contributed by atoms with Gasteiger partial charge in [-0.25, -0.2) is 0 Å². The van der Waals surface area contributed by atoms with Gasteiger partial charge in [-0.15, -0.1) is 0 Å². The standard InChI is InChI=1S/C6H11N3/c1-2-5(8)6(9)3-4-7/h2-4H,1,7-9H2/b4-3-,6-5-. The third-order valence-corrected chi connectivity index (χ3v) is 0.829. The molecule has 6 N–H and O–H groups in total. The van der Waals surface area contributed by atoms with Crippen molar-refractivity contribution in [3.8, 4) is 0 Å². The zero-order valence-electron chi connectivity index (χ0n) is 5.17. The van der Waals surface area contributed by atoms with Crippen LogP contribution in [0.15, 0.2) is 36.3 Å². The van der Waals surface area contributed by atoms with Crippen molar-refractivity contribution in [2.24, 2.45) is 17.2 Å². The summed E-state index contributed by atoms with van der Waals surface area (Å²) in [4.78, 5) is 0. The molecule has 0 aliphatic carbocycles. The molecular formula is C6H11N3. The zero-order valence-corrected chi connectivity index (χ0v) is 5.17. The average molecular weight is 125 g/mol. The summed E-state index contributed by atoms with van der Waals surface area (Å²) in [5.41, 5.74) is 16.6. The van der Waals surface area contributed by atoms with Crippen molar-refractivity contribution >= 4 is 0 Å². The molecule has 0 atom stereocenters. The normalized spacial score (nSPS) is 13.3. The Balaban J connectivity index is 4.27. The summed E-state index contributed by atoms with van der Waals surface area (Å²) >= 11 is 0. The van der Waals surface area contributed by atoms with E-state index in [9.17, 15) is 0 Å². The summed E-state index contributed by atoms with van der Waals surface area (Å²) in [6.45, 7) is 3.43. The molecule has 3 heteroatoms. The first kappa shape index (κ1) is 7.62. The number of allylic oxidation sites excluding steroid dienone is 2. The second-order valence-electron chi connectivity index (χ2n) is 1.47. The molecule has 3 nitrogen and oxygen atoms in total. The Hall–Kier alpha value is -1.38. The molecule has 0 heterocycles. The van der Waals surface area contributed by atoms with E-state index in [0.29, 0.717) is 11.4 Å². The van der Waals surface area contributed by atoms with Gasteiger partial charge in [-0.2, -0.15) is 0 Å². The minimum Gasteiger partial charge on any atom is -0.405 e. The van der Waals surface area contributed by atoms with Gasteiger partial charge in [0.2, 0.25) is 0 Å². The van der Waals surface area contributed by atoms with Gasteiger partial charge in [-0.05, 0) is 18.4 Å². The highest BCUT2D eigenvalue weighted by molar-refractivity contribution is 5.26. The summed E-state index contributed by atoms with van der Waals surface area (Å²) < 4.78 is 0. The van der Waals surface area contributed by atoms with Gasteiger partial charge in [-0.1, -0.05) is 6.58 Å². The average Bonchev–Trinajstić information content (AvgIpc) is 1.87. The molecule has 0 saturated heterocycles. The minimum atomic E-state index is 0.438. The number of hydrogen-bond donors (Lipinski definition) is 3. The van der Waals surface area contributed by atoms with E-state index in [4.69, 9.17) is 17.2 Å². The number of nitrogens with two attached hydrogens (primary N) is 3. The third kappa shape index (κ3) is 2.43. The maximum absolute atomic E-state index is 5.35. The second-order valence-corrected chi connectivity index (χ2v) is 1.47.